The molecule has 1 aromatic carbocycles. The van der Waals surface area contributed by atoms with E-state index in [1.807, 2.05) is 51.1 Å². The summed E-state index contributed by atoms with van der Waals surface area (Å²) in [4.78, 5) is 12.1. The molecule has 1 atom stereocenters. The van der Waals surface area contributed by atoms with E-state index in [-0.39, 0.29) is 5.97 Å². The van der Waals surface area contributed by atoms with Crippen LogP contribution in [0.3, 0.4) is 0 Å². The molecule has 0 fully saturated rings. The van der Waals surface area contributed by atoms with Crippen molar-refractivity contribution in [1.29, 1.82) is 0 Å². The summed E-state index contributed by atoms with van der Waals surface area (Å²) in [6, 6.07) is 7.98. The zero-order valence-electron chi connectivity index (χ0n) is 12.0. The van der Waals surface area contributed by atoms with Crippen molar-refractivity contribution in [3.8, 4) is 0 Å². The quantitative estimate of drug-likeness (QED) is 0.601. The zero-order valence-corrected chi connectivity index (χ0v) is 12.0. The second kappa shape index (κ2) is 6.98. The normalized spacial score (nSPS) is 13.4. The maximum atomic E-state index is 12.1. The van der Waals surface area contributed by atoms with Crippen molar-refractivity contribution >= 4 is 11.7 Å². The lowest BCUT2D eigenvalue weighted by atomic mass is 9.95. The maximum absolute atomic E-state index is 12.1. The molecule has 0 aromatic heterocycles. The van der Waals surface area contributed by atoms with Gasteiger partial charge in [-0.3, -0.25) is 0 Å². The topological polar surface area (TPSA) is 38.3 Å². The average molecular weight is 261 g/mol. The highest BCUT2D eigenvalue weighted by molar-refractivity contribution is 5.84. The average Bonchev–Trinajstić information content (AvgIpc) is 2.39. The molecule has 0 aliphatic rings. The minimum absolute atomic E-state index is 0.225. The zero-order chi connectivity index (χ0) is 14.3. The molecule has 0 aliphatic heterocycles. The molecule has 1 unspecified atom stereocenters. The molecule has 104 valence electrons. The van der Waals surface area contributed by atoms with Crippen LogP contribution < -0.4 is 5.32 Å². The van der Waals surface area contributed by atoms with Crippen LogP contribution in [0, 0.1) is 6.92 Å². The molecule has 1 rings (SSSR count). The third-order valence-electron chi connectivity index (χ3n) is 3.05. The summed E-state index contributed by atoms with van der Waals surface area (Å²) in [6.45, 7) is 9.82. The Labute approximate surface area is 115 Å². The van der Waals surface area contributed by atoms with Gasteiger partial charge in [0.2, 0.25) is 0 Å². The Balaban J connectivity index is 2.86. The molecule has 0 amide bonds. The Morgan fingerprint density at radius 2 is 2.05 bits per heavy atom. The van der Waals surface area contributed by atoms with Gasteiger partial charge in [-0.05, 0) is 45.7 Å². The smallest absolute Gasteiger partial charge is 0.331 e. The van der Waals surface area contributed by atoms with Crippen LogP contribution in [0.5, 0.6) is 0 Å². The van der Waals surface area contributed by atoms with E-state index in [0.717, 1.165) is 12.1 Å². The number of allylic oxidation sites excluding steroid dienone is 1. The van der Waals surface area contributed by atoms with E-state index >= 15 is 0 Å². The fourth-order valence-electron chi connectivity index (χ4n) is 1.85. The molecule has 1 aromatic rings. The largest absolute Gasteiger partial charge is 0.464 e. The molecule has 1 N–H and O–H groups in total. The standard InChI is InChI=1S/C16H23NO2/c1-5-7-12-16(4,15(18)19-6-2)17-14-10-8-13(3)9-11-14/h5,8-11,17H,1,6-7,12H2,2-4H3. The predicted octanol–water partition coefficient (Wildman–Crippen LogP) is 3.69. The van der Waals surface area contributed by atoms with Gasteiger partial charge in [0.05, 0.1) is 6.61 Å². The first-order chi connectivity index (χ1) is 9.01. The van der Waals surface area contributed by atoms with Gasteiger partial charge in [-0.15, -0.1) is 6.58 Å². The van der Waals surface area contributed by atoms with E-state index < -0.39 is 5.54 Å². The summed E-state index contributed by atoms with van der Waals surface area (Å²) in [6.07, 6.45) is 3.23. The molecule has 0 heterocycles. The molecule has 3 nitrogen and oxygen atoms in total. The summed E-state index contributed by atoms with van der Waals surface area (Å²) in [5.74, 6) is -0.225. The van der Waals surface area contributed by atoms with Gasteiger partial charge in [-0.2, -0.15) is 0 Å². The van der Waals surface area contributed by atoms with Crippen LogP contribution in [0.1, 0.15) is 32.3 Å². The van der Waals surface area contributed by atoms with Gasteiger partial charge < -0.3 is 10.1 Å². The summed E-state index contributed by atoms with van der Waals surface area (Å²) in [5, 5.41) is 3.28. The summed E-state index contributed by atoms with van der Waals surface area (Å²) >= 11 is 0. The van der Waals surface area contributed by atoms with Gasteiger partial charge in [0.15, 0.2) is 0 Å². The summed E-state index contributed by atoms with van der Waals surface area (Å²) in [5.41, 5.74) is 1.39. The lowest BCUT2D eigenvalue weighted by molar-refractivity contribution is -0.148. The Bertz CT molecular complexity index is 425. The van der Waals surface area contributed by atoms with Gasteiger partial charge in [0, 0.05) is 5.69 Å². The number of carbonyl (C=O) groups is 1. The molecule has 19 heavy (non-hydrogen) atoms. The number of anilines is 1. The molecular formula is C16H23NO2. The third-order valence-corrected chi connectivity index (χ3v) is 3.05. The monoisotopic (exact) mass is 261 g/mol. The first kappa shape index (κ1) is 15.3. The van der Waals surface area contributed by atoms with Crippen molar-refractivity contribution in [1.82, 2.24) is 0 Å². The van der Waals surface area contributed by atoms with Crippen LogP contribution in [0.2, 0.25) is 0 Å². The number of ether oxygens (including phenoxy) is 1. The summed E-state index contributed by atoms with van der Waals surface area (Å²) < 4.78 is 5.16. The Kier molecular flexibility index (Phi) is 5.61. The van der Waals surface area contributed by atoms with E-state index in [9.17, 15) is 4.79 Å². The lowest BCUT2D eigenvalue weighted by Crippen LogP contribution is -2.44. The Hall–Kier alpha value is -1.77. The highest BCUT2D eigenvalue weighted by Gasteiger charge is 2.33. The van der Waals surface area contributed by atoms with Crippen molar-refractivity contribution in [2.24, 2.45) is 0 Å². The van der Waals surface area contributed by atoms with Crippen LogP contribution in [0.15, 0.2) is 36.9 Å². The fourth-order valence-corrected chi connectivity index (χ4v) is 1.85. The lowest BCUT2D eigenvalue weighted by Gasteiger charge is -2.29. The highest BCUT2D eigenvalue weighted by Crippen LogP contribution is 2.22. The van der Waals surface area contributed by atoms with Crippen molar-refractivity contribution in [2.75, 3.05) is 11.9 Å². The molecule has 0 spiro atoms. The minimum atomic E-state index is -0.723. The van der Waals surface area contributed by atoms with Crippen LogP contribution in [0.4, 0.5) is 5.69 Å². The van der Waals surface area contributed by atoms with E-state index in [1.165, 1.54) is 5.56 Å². The van der Waals surface area contributed by atoms with Crippen molar-refractivity contribution in [3.63, 3.8) is 0 Å². The predicted molar refractivity (Wildman–Crippen MR) is 79.3 cm³/mol. The van der Waals surface area contributed by atoms with Gasteiger partial charge in [-0.1, -0.05) is 23.8 Å². The van der Waals surface area contributed by atoms with Crippen LogP contribution in [-0.4, -0.2) is 18.1 Å². The van der Waals surface area contributed by atoms with Crippen LogP contribution in [-0.2, 0) is 9.53 Å². The minimum Gasteiger partial charge on any atom is -0.464 e. The highest BCUT2D eigenvalue weighted by atomic mass is 16.5. The van der Waals surface area contributed by atoms with E-state index in [4.69, 9.17) is 4.74 Å². The first-order valence-electron chi connectivity index (χ1n) is 6.65. The van der Waals surface area contributed by atoms with Gasteiger partial charge in [-0.25, -0.2) is 4.79 Å². The van der Waals surface area contributed by atoms with E-state index in [1.54, 1.807) is 0 Å². The molecule has 0 radical (unpaired) electrons. The van der Waals surface area contributed by atoms with Gasteiger partial charge >= 0.3 is 5.97 Å². The number of carbonyl (C=O) groups excluding carboxylic acids is 1. The number of aryl methyl sites for hydroxylation is 1. The molecule has 0 bridgehead atoms. The van der Waals surface area contributed by atoms with Crippen molar-refractivity contribution < 1.29 is 9.53 Å². The number of nitrogens with one attached hydrogen (secondary N) is 1. The van der Waals surface area contributed by atoms with Crippen LogP contribution in [0.25, 0.3) is 0 Å². The SMILES string of the molecule is C=CCCC(C)(Nc1ccc(C)cc1)C(=O)OCC. The maximum Gasteiger partial charge on any atom is 0.331 e. The second-order valence-electron chi connectivity index (χ2n) is 4.87. The molecule has 0 aliphatic carbocycles. The Morgan fingerprint density at radius 3 is 2.58 bits per heavy atom. The number of hydrogen-bond donors (Lipinski definition) is 1. The number of hydrogen-bond acceptors (Lipinski definition) is 3. The van der Waals surface area contributed by atoms with Crippen molar-refractivity contribution in [2.45, 2.75) is 39.2 Å². The number of esters is 1. The second-order valence-corrected chi connectivity index (χ2v) is 4.87. The molecule has 0 saturated heterocycles. The van der Waals surface area contributed by atoms with Gasteiger partial charge in [0.1, 0.15) is 5.54 Å². The third kappa shape index (κ3) is 4.43. The molecular weight excluding hydrogens is 238 g/mol. The van der Waals surface area contributed by atoms with Crippen molar-refractivity contribution in [3.05, 3.63) is 42.5 Å². The van der Waals surface area contributed by atoms with E-state index in [0.29, 0.717) is 13.0 Å². The molecule has 0 saturated carbocycles. The fraction of sp³-hybridized carbons (Fsp3) is 0.438. The molecule has 3 heteroatoms. The number of rotatable bonds is 7. The number of benzene rings is 1. The summed E-state index contributed by atoms with van der Waals surface area (Å²) in [7, 11) is 0. The first-order valence-corrected chi connectivity index (χ1v) is 6.65. The Morgan fingerprint density at radius 1 is 1.42 bits per heavy atom. The van der Waals surface area contributed by atoms with Gasteiger partial charge in [0.25, 0.3) is 0 Å². The van der Waals surface area contributed by atoms with E-state index in [2.05, 4.69) is 11.9 Å². The van der Waals surface area contributed by atoms with Crippen LogP contribution >= 0.6 is 0 Å².